The van der Waals surface area contributed by atoms with Gasteiger partial charge in [-0.2, -0.15) is 0 Å². The molecule has 5 nitrogen and oxygen atoms in total. The molecule has 0 radical (unpaired) electrons. The summed E-state index contributed by atoms with van der Waals surface area (Å²) in [6.07, 6.45) is 0.227. The van der Waals surface area contributed by atoms with Crippen molar-refractivity contribution in [3.05, 3.63) is 59.2 Å². The summed E-state index contributed by atoms with van der Waals surface area (Å²) in [6.45, 7) is 3.90. The number of para-hydroxylation sites is 1. The predicted molar refractivity (Wildman–Crippen MR) is 98.9 cm³/mol. The largest absolute Gasteiger partial charge is 0.497 e. The molecule has 0 bridgehead atoms. The molecule has 0 saturated carbocycles. The SMILES string of the molecule is COc1cccc(CC(=O)N(C)CC(=O)Nc2c(C)cccc2C)c1. The van der Waals surface area contributed by atoms with Crippen LogP contribution in [0.1, 0.15) is 16.7 Å². The Hall–Kier alpha value is -2.82. The van der Waals surface area contributed by atoms with Gasteiger partial charge in [-0.05, 0) is 42.7 Å². The van der Waals surface area contributed by atoms with Gasteiger partial charge in [0.05, 0.1) is 20.1 Å². The minimum absolute atomic E-state index is 0.0105. The molecule has 2 aromatic carbocycles. The zero-order valence-corrected chi connectivity index (χ0v) is 15.1. The fraction of sp³-hybridized carbons (Fsp3) is 0.300. The molecule has 0 aliphatic heterocycles. The van der Waals surface area contributed by atoms with Gasteiger partial charge in [0.25, 0.3) is 0 Å². The zero-order chi connectivity index (χ0) is 18.4. The number of methoxy groups -OCH3 is 1. The van der Waals surface area contributed by atoms with Crippen molar-refractivity contribution in [1.82, 2.24) is 4.90 Å². The normalized spacial score (nSPS) is 10.2. The third kappa shape index (κ3) is 5.08. The van der Waals surface area contributed by atoms with Crippen molar-refractivity contribution in [2.45, 2.75) is 20.3 Å². The molecule has 0 heterocycles. The Bertz CT molecular complexity index is 751. The summed E-state index contributed by atoms with van der Waals surface area (Å²) in [5, 5.41) is 2.89. The fourth-order valence-electron chi connectivity index (χ4n) is 2.59. The van der Waals surface area contributed by atoms with Gasteiger partial charge in [-0.15, -0.1) is 0 Å². The molecule has 0 spiro atoms. The summed E-state index contributed by atoms with van der Waals surface area (Å²) < 4.78 is 5.16. The number of ether oxygens (including phenoxy) is 1. The van der Waals surface area contributed by atoms with E-state index < -0.39 is 0 Å². The fourth-order valence-corrected chi connectivity index (χ4v) is 2.59. The average molecular weight is 340 g/mol. The van der Waals surface area contributed by atoms with Crippen molar-refractivity contribution >= 4 is 17.5 Å². The summed E-state index contributed by atoms with van der Waals surface area (Å²) in [5.74, 6) is 0.379. The molecule has 0 unspecified atom stereocenters. The number of carbonyl (C=O) groups is 2. The highest BCUT2D eigenvalue weighted by atomic mass is 16.5. The van der Waals surface area contributed by atoms with E-state index in [-0.39, 0.29) is 24.8 Å². The van der Waals surface area contributed by atoms with E-state index >= 15 is 0 Å². The number of anilines is 1. The first-order chi connectivity index (χ1) is 11.9. The number of amides is 2. The second kappa shape index (κ2) is 8.33. The van der Waals surface area contributed by atoms with Crippen LogP contribution in [0.15, 0.2) is 42.5 Å². The van der Waals surface area contributed by atoms with E-state index in [2.05, 4.69) is 5.32 Å². The van der Waals surface area contributed by atoms with Crippen molar-refractivity contribution in [3.63, 3.8) is 0 Å². The van der Waals surface area contributed by atoms with Crippen LogP contribution >= 0.6 is 0 Å². The smallest absolute Gasteiger partial charge is 0.243 e. The highest BCUT2D eigenvalue weighted by Crippen LogP contribution is 2.19. The Morgan fingerprint density at radius 2 is 1.72 bits per heavy atom. The van der Waals surface area contributed by atoms with Crippen LogP contribution in [0, 0.1) is 13.8 Å². The van der Waals surface area contributed by atoms with Crippen LogP contribution in [0.5, 0.6) is 5.75 Å². The van der Waals surface area contributed by atoms with Crippen molar-refractivity contribution in [2.24, 2.45) is 0 Å². The Morgan fingerprint density at radius 3 is 2.36 bits per heavy atom. The van der Waals surface area contributed by atoms with Crippen LogP contribution in [-0.4, -0.2) is 37.4 Å². The Morgan fingerprint density at radius 1 is 1.08 bits per heavy atom. The molecular weight excluding hydrogens is 316 g/mol. The van der Waals surface area contributed by atoms with Crippen molar-refractivity contribution in [3.8, 4) is 5.75 Å². The van der Waals surface area contributed by atoms with E-state index in [4.69, 9.17) is 4.74 Å². The lowest BCUT2D eigenvalue weighted by Gasteiger charge is -2.18. The predicted octanol–water partition coefficient (Wildman–Crippen LogP) is 2.95. The molecule has 0 saturated heterocycles. The third-order valence-electron chi connectivity index (χ3n) is 4.04. The van der Waals surface area contributed by atoms with Crippen LogP contribution in [0.2, 0.25) is 0 Å². The number of carbonyl (C=O) groups excluding carboxylic acids is 2. The van der Waals surface area contributed by atoms with Gasteiger partial charge in [-0.3, -0.25) is 9.59 Å². The number of likely N-dealkylation sites (N-methyl/N-ethyl adjacent to an activating group) is 1. The second-order valence-electron chi connectivity index (χ2n) is 6.09. The highest BCUT2D eigenvalue weighted by Gasteiger charge is 2.15. The number of hydrogen-bond donors (Lipinski definition) is 1. The molecule has 0 aliphatic rings. The monoisotopic (exact) mass is 340 g/mol. The summed E-state index contributed by atoms with van der Waals surface area (Å²) >= 11 is 0. The topological polar surface area (TPSA) is 58.6 Å². The molecule has 132 valence electrons. The number of aryl methyl sites for hydroxylation is 2. The average Bonchev–Trinajstić information content (AvgIpc) is 2.58. The number of nitrogens with zero attached hydrogens (tertiary/aromatic N) is 1. The van der Waals surface area contributed by atoms with Crippen LogP contribution in [0.4, 0.5) is 5.69 Å². The lowest BCUT2D eigenvalue weighted by atomic mass is 10.1. The van der Waals surface area contributed by atoms with Crippen molar-refractivity contribution in [2.75, 3.05) is 26.0 Å². The van der Waals surface area contributed by atoms with Gasteiger partial charge in [-0.1, -0.05) is 30.3 Å². The van der Waals surface area contributed by atoms with E-state index in [0.29, 0.717) is 5.75 Å². The third-order valence-corrected chi connectivity index (χ3v) is 4.04. The lowest BCUT2D eigenvalue weighted by molar-refractivity contribution is -0.132. The number of nitrogens with one attached hydrogen (secondary N) is 1. The van der Waals surface area contributed by atoms with Gasteiger partial charge in [0.2, 0.25) is 11.8 Å². The van der Waals surface area contributed by atoms with Crippen molar-refractivity contribution < 1.29 is 14.3 Å². The molecule has 0 fully saturated rings. The van der Waals surface area contributed by atoms with Gasteiger partial charge in [0.1, 0.15) is 5.75 Å². The number of hydrogen-bond acceptors (Lipinski definition) is 3. The molecule has 0 atom stereocenters. The number of benzene rings is 2. The standard InChI is InChI=1S/C20H24N2O3/c1-14-7-5-8-15(2)20(14)21-18(23)13-22(3)19(24)12-16-9-6-10-17(11-16)25-4/h5-11H,12-13H2,1-4H3,(H,21,23). The lowest BCUT2D eigenvalue weighted by Crippen LogP contribution is -2.36. The van der Waals surface area contributed by atoms with Gasteiger partial charge in [-0.25, -0.2) is 0 Å². The van der Waals surface area contributed by atoms with E-state index in [1.807, 2.05) is 56.3 Å². The van der Waals surface area contributed by atoms with E-state index in [1.165, 1.54) is 4.90 Å². The van der Waals surface area contributed by atoms with E-state index in [9.17, 15) is 9.59 Å². The summed E-state index contributed by atoms with van der Waals surface area (Å²) in [5.41, 5.74) is 3.66. The van der Waals surface area contributed by atoms with E-state index in [1.54, 1.807) is 14.2 Å². The molecule has 2 rings (SSSR count). The highest BCUT2D eigenvalue weighted by molar-refractivity contribution is 5.95. The summed E-state index contributed by atoms with van der Waals surface area (Å²) in [4.78, 5) is 26.0. The molecule has 2 aromatic rings. The van der Waals surface area contributed by atoms with Gasteiger partial charge in [0, 0.05) is 12.7 Å². The second-order valence-corrected chi connectivity index (χ2v) is 6.09. The zero-order valence-electron chi connectivity index (χ0n) is 15.1. The molecule has 5 heteroatoms. The van der Waals surface area contributed by atoms with Gasteiger partial charge >= 0.3 is 0 Å². The molecular formula is C20H24N2O3. The Balaban J connectivity index is 1.95. The Kier molecular flexibility index (Phi) is 6.17. The molecule has 0 aromatic heterocycles. The van der Waals surface area contributed by atoms with Crippen LogP contribution < -0.4 is 10.1 Å². The first-order valence-electron chi connectivity index (χ1n) is 8.13. The number of rotatable bonds is 6. The summed E-state index contributed by atoms with van der Waals surface area (Å²) in [7, 11) is 3.22. The van der Waals surface area contributed by atoms with Crippen LogP contribution in [0.25, 0.3) is 0 Å². The van der Waals surface area contributed by atoms with Gasteiger partial charge < -0.3 is 15.0 Å². The van der Waals surface area contributed by atoms with Gasteiger partial charge in [0.15, 0.2) is 0 Å². The molecule has 2 amide bonds. The van der Waals surface area contributed by atoms with E-state index in [0.717, 1.165) is 22.4 Å². The summed E-state index contributed by atoms with van der Waals surface area (Å²) in [6, 6.07) is 13.2. The van der Waals surface area contributed by atoms with Crippen molar-refractivity contribution in [1.29, 1.82) is 0 Å². The first-order valence-corrected chi connectivity index (χ1v) is 8.13. The Labute approximate surface area is 148 Å². The maximum Gasteiger partial charge on any atom is 0.243 e. The maximum atomic E-state index is 12.3. The minimum Gasteiger partial charge on any atom is -0.497 e. The van der Waals surface area contributed by atoms with Crippen LogP contribution in [0.3, 0.4) is 0 Å². The molecule has 1 N–H and O–H groups in total. The first kappa shape index (κ1) is 18.5. The quantitative estimate of drug-likeness (QED) is 0.879. The molecule has 25 heavy (non-hydrogen) atoms. The van der Waals surface area contributed by atoms with Crippen LogP contribution in [-0.2, 0) is 16.0 Å². The molecule has 0 aliphatic carbocycles. The minimum atomic E-state index is -0.209. The maximum absolute atomic E-state index is 12.3.